The zero-order valence-electron chi connectivity index (χ0n) is 9.73. The maximum Gasteiger partial charge on any atom is 0.0670 e. The van der Waals surface area contributed by atoms with Gasteiger partial charge >= 0.3 is 0 Å². The van der Waals surface area contributed by atoms with Crippen LogP contribution >= 0.6 is 0 Å². The number of rotatable bonds is 4. The van der Waals surface area contributed by atoms with E-state index in [0.717, 1.165) is 32.4 Å². The number of nitrogens with two attached hydrogens (primary N) is 1. The Bertz CT molecular complexity index is 182. The number of hydrogen-bond acceptors (Lipinski definition) is 3. The number of likely N-dealkylation sites (N-methyl/N-ethyl adjacent to an activating group) is 1. The van der Waals surface area contributed by atoms with Crippen LogP contribution in [0.2, 0.25) is 0 Å². The standard InChI is InChI=1S/C11H24N2O/c1-4-10(3)8-11(9-12,13-5-2)6-7-14-10/h13H,4-9,12H2,1-3H3. The molecule has 1 saturated heterocycles. The summed E-state index contributed by atoms with van der Waals surface area (Å²) in [4.78, 5) is 0. The van der Waals surface area contributed by atoms with Crippen LogP contribution in [-0.2, 0) is 4.74 Å². The van der Waals surface area contributed by atoms with E-state index < -0.39 is 0 Å². The lowest BCUT2D eigenvalue weighted by molar-refractivity contribution is -0.0991. The maximum atomic E-state index is 5.88. The van der Waals surface area contributed by atoms with Crippen LogP contribution in [0.25, 0.3) is 0 Å². The Morgan fingerprint density at radius 1 is 1.43 bits per heavy atom. The number of ether oxygens (including phenoxy) is 1. The van der Waals surface area contributed by atoms with E-state index in [1.807, 2.05) is 0 Å². The summed E-state index contributed by atoms with van der Waals surface area (Å²) in [6.45, 7) is 9.02. The van der Waals surface area contributed by atoms with Crippen molar-refractivity contribution in [1.29, 1.82) is 0 Å². The van der Waals surface area contributed by atoms with E-state index in [4.69, 9.17) is 10.5 Å². The van der Waals surface area contributed by atoms with Crippen LogP contribution in [0.1, 0.15) is 40.0 Å². The molecule has 0 saturated carbocycles. The molecule has 1 aliphatic rings. The topological polar surface area (TPSA) is 47.3 Å². The summed E-state index contributed by atoms with van der Waals surface area (Å²) in [5, 5.41) is 3.53. The minimum atomic E-state index is 0.0137. The molecule has 2 atom stereocenters. The van der Waals surface area contributed by atoms with Gasteiger partial charge in [-0.3, -0.25) is 0 Å². The van der Waals surface area contributed by atoms with Crippen molar-refractivity contribution in [3.05, 3.63) is 0 Å². The molecule has 14 heavy (non-hydrogen) atoms. The average molecular weight is 200 g/mol. The first kappa shape index (κ1) is 12.0. The van der Waals surface area contributed by atoms with Gasteiger partial charge < -0.3 is 15.8 Å². The SMILES string of the molecule is CCNC1(CN)CCOC(C)(CC)C1. The summed E-state index contributed by atoms with van der Waals surface area (Å²) in [6.07, 6.45) is 3.12. The van der Waals surface area contributed by atoms with Crippen molar-refractivity contribution in [3.8, 4) is 0 Å². The van der Waals surface area contributed by atoms with Crippen LogP contribution in [0.3, 0.4) is 0 Å². The fourth-order valence-corrected chi connectivity index (χ4v) is 2.35. The van der Waals surface area contributed by atoms with Gasteiger partial charge in [0.2, 0.25) is 0 Å². The molecule has 1 fully saturated rings. The van der Waals surface area contributed by atoms with Crippen molar-refractivity contribution >= 4 is 0 Å². The monoisotopic (exact) mass is 200 g/mol. The molecule has 3 nitrogen and oxygen atoms in total. The quantitative estimate of drug-likeness (QED) is 0.718. The van der Waals surface area contributed by atoms with E-state index in [9.17, 15) is 0 Å². The molecule has 0 aliphatic carbocycles. The van der Waals surface area contributed by atoms with E-state index in [0.29, 0.717) is 6.54 Å². The first-order chi connectivity index (χ1) is 6.60. The van der Waals surface area contributed by atoms with Crippen LogP contribution < -0.4 is 11.1 Å². The van der Waals surface area contributed by atoms with Gasteiger partial charge in [-0.1, -0.05) is 13.8 Å². The molecule has 2 unspecified atom stereocenters. The zero-order valence-corrected chi connectivity index (χ0v) is 9.73. The van der Waals surface area contributed by atoms with Crippen molar-refractivity contribution in [2.45, 2.75) is 51.2 Å². The van der Waals surface area contributed by atoms with E-state index in [1.165, 1.54) is 0 Å². The summed E-state index contributed by atoms with van der Waals surface area (Å²) in [6, 6.07) is 0. The van der Waals surface area contributed by atoms with Gasteiger partial charge in [0.25, 0.3) is 0 Å². The molecule has 0 radical (unpaired) electrons. The van der Waals surface area contributed by atoms with Gasteiger partial charge in [0.15, 0.2) is 0 Å². The van der Waals surface area contributed by atoms with Crippen LogP contribution in [0.15, 0.2) is 0 Å². The molecule has 0 aromatic carbocycles. The molecule has 0 spiro atoms. The van der Waals surface area contributed by atoms with E-state index in [-0.39, 0.29) is 11.1 Å². The van der Waals surface area contributed by atoms with Gasteiger partial charge in [-0.2, -0.15) is 0 Å². The van der Waals surface area contributed by atoms with Crippen molar-refractivity contribution in [2.75, 3.05) is 19.7 Å². The van der Waals surface area contributed by atoms with Gasteiger partial charge in [0, 0.05) is 18.7 Å². The molecule has 3 N–H and O–H groups in total. The maximum absolute atomic E-state index is 5.88. The highest BCUT2D eigenvalue weighted by atomic mass is 16.5. The van der Waals surface area contributed by atoms with Crippen LogP contribution in [0.4, 0.5) is 0 Å². The van der Waals surface area contributed by atoms with Gasteiger partial charge in [-0.05, 0) is 32.7 Å². The lowest BCUT2D eigenvalue weighted by atomic mass is 9.79. The number of hydrogen-bond donors (Lipinski definition) is 2. The molecular weight excluding hydrogens is 176 g/mol. The highest BCUT2D eigenvalue weighted by Gasteiger charge is 2.40. The molecular formula is C11H24N2O. The van der Waals surface area contributed by atoms with Crippen molar-refractivity contribution in [2.24, 2.45) is 5.73 Å². The highest BCUT2D eigenvalue weighted by Crippen LogP contribution is 2.33. The Balaban J connectivity index is 2.68. The Labute approximate surface area is 87.4 Å². The molecule has 1 heterocycles. The molecule has 84 valence electrons. The Morgan fingerprint density at radius 3 is 2.64 bits per heavy atom. The summed E-state index contributed by atoms with van der Waals surface area (Å²) in [7, 11) is 0. The van der Waals surface area contributed by atoms with Crippen molar-refractivity contribution in [3.63, 3.8) is 0 Å². The Morgan fingerprint density at radius 2 is 2.14 bits per heavy atom. The summed E-state index contributed by atoms with van der Waals surface area (Å²) >= 11 is 0. The number of nitrogens with one attached hydrogen (secondary N) is 1. The zero-order chi connectivity index (χ0) is 10.7. The molecule has 0 bridgehead atoms. The molecule has 1 rings (SSSR count). The van der Waals surface area contributed by atoms with Crippen LogP contribution in [-0.4, -0.2) is 30.8 Å². The summed E-state index contributed by atoms with van der Waals surface area (Å²) in [5.74, 6) is 0. The third kappa shape index (κ3) is 2.47. The fourth-order valence-electron chi connectivity index (χ4n) is 2.35. The van der Waals surface area contributed by atoms with Gasteiger partial charge in [0.05, 0.1) is 5.60 Å². The second-order valence-electron chi connectivity index (χ2n) is 4.59. The van der Waals surface area contributed by atoms with E-state index in [1.54, 1.807) is 0 Å². The van der Waals surface area contributed by atoms with Crippen molar-refractivity contribution in [1.82, 2.24) is 5.32 Å². The third-order valence-corrected chi connectivity index (χ3v) is 3.43. The van der Waals surface area contributed by atoms with E-state index in [2.05, 4.69) is 26.1 Å². The minimum Gasteiger partial charge on any atom is -0.375 e. The molecule has 3 heteroatoms. The highest BCUT2D eigenvalue weighted by molar-refractivity contribution is 4.98. The normalized spacial score (nSPS) is 38.6. The molecule has 0 amide bonds. The van der Waals surface area contributed by atoms with Gasteiger partial charge in [-0.25, -0.2) is 0 Å². The largest absolute Gasteiger partial charge is 0.375 e. The lowest BCUT2D eigenvalue weighted by Gasteiger charge is -2.46. The van der Waals surface area contributed by atoms with E-state index >= 15 is 0 Å². The molecule has 0 aromatic rings. The molecule has 0 aromatic heterocycles. The lowest BCUT2D eigenvalue weighted by Crippen LogP contribution is -2.59. The first-order valence-corrected chi connectivity index (χ1v) is 5.69. The summed E-state index contributed by atoms with van der Waals surface area (Å²) in [5.41, 5.74) is 6.00. The van der Waals surface area contributed by atoms with Gasteiger partial charge in [-0.15, -0.1) is 0 Å². The predicted octanol–water partition coefficient (Wildman–Crippen LogP) is 1.27. The minimum absolute atomic E-state index is 0.0137. The van der Waals surface area contributed by atoms with Crippen LogP contribution in [0.5, 0.6) is 0 Å². The second-order valence-corrected chi connectivity index (χ2v) is 4.59. The average Bonchev–Trinajstić information content (AvgIpc) is 2.18. The van der Waals surface area contributed by atoms with Crippen LogP contribution in [0, 0.1) is 0 Å². The first-order valence-electron chi connectivity index (χ1n) is 5.69. The summed E-state index contributed by atoms with van der Waals surface area (Å²) < 4.78 is 5.82. The predicted molar refractivity (Wildman–Crippen MR) is 59.3 cm³/mol. The van der Waals surface area contributed by atoms with Gasteiger partial charge in [0.1, 0.15) is 0 Å². The third-order valence-electron chi connectivity index (χ3n) is 3.43. The van der Waals surface area contributed by atoms with Crippen molar-refractivity contribution < 1.29 is 4.74 Å². The molecule has 1 aliphatic heterocycles. The smallest absolute Gasteiger partial charge is 0.0670 e. The fraction of sp³-hybridized carbons (Fsp3) is 1.00. The Hall–Kier alpha value is -0.120. The Kier molecular flexibility index (Phi) is 3.93. The second kappa shape index (κ2) is 4.60.